The molecule has 1 aliphatic rings. The minimum Gasteiger partial charge on any atom is -0.317 e. The third kappa shape index (κ3) is 3.15. The second-order valence-corrected chi connectivity index (χ2v) is 8.90. The van der Waals surface area contributed by atoms with Gasteiger partial charge in [-0.15, -0.1) is 11.3 Å². The molecule has 0 aromatic carbocycles. The van der Waals surface area contributed by atoms with Crippen molar-refractivity contribution in [2.75, 3.05) is 0 Å². The minimum atomic E-state index is -0.115. The Kier molecular flexibility index (Phi) is 5.07. The fourth-order valence-electron chi connectivity index (χ4n) is 2.91. The van der Waals surface area contributed by atoms with Crippen LogP contribution in [0.25, 0.3) is 0 Å². The Bertz CT molecular complexity index is 927. The summed E-state index contributed by atoms with van der Waals surface area (Å²) >= 11 is 17.4. The van der Waals surface area contributed by atoms with E-state index in [0.717, 1.165) is 19.4 Å². The molecule has 0 N–H and O–H groups in total. The van der Waals surface area contributed by atoms with Gasteiger partial charge in [0.05, 0.1) is 26.6 Å². The van der Waals surface area contributed by atoms with Gasteiger partial charge in [0.15, 0.2) is 0 Å². The average molecular weight is 446 g/mol. The molecular weight excluding hydrogens is 431 g/mol. The van der Waals surface area contributed by atoms with Gasteiger partial charge in [-0.2, -0.15) is 0 Å². The molecule has 24 heavy (non-hydrogen) atoms. The average Bonchev–Trinajstić information content (AvgIpc) is 3.06. The highest BCUT2D eigenvalue weighted by molar-refractivity contribution is 9.11. The SMILES string of the molecule is CC(C)C1=C(Br)N=C(c2cc(Cl)cn(C)c2=O)C1c1ccc(Cl)s1. The Labute approximate surface area is 162 Å². The van der Waals surface area contributed by atoms with Crippen molar-refractivity contribution in [1.82, 2.24) is 4.57 Å². The third-order valence-corrected chi connectivity index (χ3v) is 6.11. The first-order chi connectivity index (χ1) is 11.3. The summed E-state index contributed by atoms with van der Waals surface area (Å²) in [6.45, 7) is 4.24. The van der Waals surface area contributed by atoms with E-state index in [4.69, 9.17) is 23.2 Å². The van der Waals surface area contributed by atoms with Crippen LogP contribution in [-0.2, 0) is 7.05 Å². The molecule has 0 amide bonds. The highest BCUT2D eigenvalue weighted by Crippen LogP contribution is 2.45. The second kappa shape index (κ2) is 6.79. The van der Waals surface area contributed by atoms with Gasteiger partial charge in [0.2, 0.25) is 0 Å². The van der Waals surface area contributed by atoms with Gasteiger partial charge >= 0.3 is 0 Å². The summed E-state index contributed by atoms with van der Waals surface area (Å²) in [6, 6.07) is 5.56. The van der Waals surface area contributed by atoms with Gasteiger partial charge in [-0.1, -0.05) is 37.0 Å². The van der Waals surface area contributed by atoms with Crippen LogP contribution >= 0.6 is 50.5 Å². The van der Waals surface area contributed by atoms with Gasteiger partial charge in [0.25, 0.3) is 5.56 Å². The number of aryl methyl sites for hydroxylation is 1. The van der Waals surface area contributed by atoms with E-state index in [-0.39, 0.29) is 17.4 Å². The molecule has 1 atom stereocenters. The van der Waals surface area contributed by atoms with E-state index < -0.39 is 0 Å². The molecule has 0 bridgehead atoms. The summed E-state index contributed by atoms with van der Waals surface area (Å²) in [5.74, 6) is 0.178. The lowest BCUT2D eigenvalue weighted by atomic mass is 9.85. The van der Waals surface area contributed by atoms with Crippen LogP contribution in [0.1, 0.15) is 30.2 Å². The molecule has 0 spiro atoms. The maximum absolute atomic E-state index is 12.6. The van der Waals surface area contributed by atoms with Crippen LogP contribution in [0.3, 0.4) is 0 Å². The molecule has 1 unspecified atom stereocenters. The first kappa shape index (κ1) is 17.9. The van der Waals surface area contributed by atoms with Crippen molar-refractivity contribution in [2.24, 2.45) is 18.0 Å². The van der Waals surface area contributed by atoms with E-state index in [0.29, 0.717) is 16.3 Å². The van der Waals surface area contributed by atoms with Crippen LogP contribution in [0.15, 0.2) is 44.4 Å². The van der Waals surface area contributed by atoms with E-state index in [9.17, 15) is 4.79 Å². The number of nitrogens with zero attached hydrogens (tertiary/aromatic N) is 2. The van der Waals surface area contributed by atoms with Crippen LogP contribution in [0.5, 0.6) is 0 Å². The summed E-state index contributed by atoms with van der Waals surface area (Å²) in [6.07, 6.45) is 1.60. The van der Waals surface area contributed by atoms with E-state index in [2.05, 4.69) is 34.8 Å². The molecule has 0 radical (unpaired) electrons. The standard InChI is InChI=1S/C17H15BrCl2N2OS/c1-8(2)13-14(11-4-5-12(20)24-11)15(21-16(13)18)10-6-9(19)7-22(3)17(10)23/h4-8,14H,1-3H3. The van der Waals surface area contributed by atoms with Crippen molar-refractivity contribution in [3.8, 4) is 0 Å². The Morgan fingerprint density at radius 1 is 1.33 bits per heavy atom. The lowest BCUT2D eigenvalue weighted by Gasteiger charge is -2.19. The van der Waals surface area contributed by atoms with Gasteiger partial charge in [-0.3, -0.25) is 4.79 Å². The van der Waals surface area contributed by atoms with Gasteiger partial charge < -0.3 is 4.57 Å². The van der Waals surface area contributed by atoms with Crippen molar-refractivity contribution in [1.29, 1.82) is 0 Å². The van der Waals surface area contributed by atoms with E-state index in [1.807, 2.05) is 12.1 Å². The van der Waals surface area contributed by atoms with Gasteiger partial charge in [0.1, 0.15) is 4.61 Å². The highest BCUT2D eigenvalue weighted by atomic mass is 79.9. The Balaban J connectivity index is 2.21. The van der Waals surface area contributed by atoms with Crippen molar-refractivity contribution in [3.63, 3.8) is 0 Å². The Morgan fingerprint density at radius 3 is 2.62 bits per heavy atom. The number of rotatable bonds is 3. The lowest BCUT2D eigenvalue weighted by molar-refractivity contribution is 0.729. The first-order valence-corrected chi connectivity index (χ1v) is 9.76. The van der Waals surface area contributed by atoms with Gasteiger partial charge in [-0.05, 0) is 45.6 Å². The van der Waals surface area contributed by atoms with Crippen molar-refractivity contribution in [3.05, 3.63) is 64.7 Å². The van der Waals surface area contributed by atoms with Crippen LogP contribution < -0.4 is 5.56 Å². The Hall–Kier alpha value is -0.880. The number of halogens is 3. The zero-order valence-corrected chi connectivity index (χ0v) is 17.2. The monoisotopic (exact) mass is 444 g/mol. The predicted molar refractivity (Wildman–Crippen MR) is 106 cm³/mol. The summed E-state index contributed by atoms with van der Waals surface area (Å²) in [5, 5.41) is 0.506. The van der Waals surface area contributed by atoms with Crippen LogP contribution in [0.4, 0.5) is 0 Å². The number of allylic oxidation sites excluding steroid dienone is 1. The molecule has 3 heterocycles. The predicted octanol–water partition coefficient (Wildman–Crippen LogP) is 5.60. The number of aromatic nitrogens is 1. The molecule has 2 aromatic heterocycles. The first-order valence-electron chi connectivity index (χ1n) is 7.39. The van der Waals surface area contributed by atoms with Crippen molar-refractivity contribution in [2.45, 2.75) is 19.8 Å². The largest absolute Gasteiger partial charge is 0.317 e. The highest BCUT2D eigenvalue weighted by Gasteiger charge is 2.35. The fourth-order valence-corrected chi connectivity index (χ4v) is 5.23. The quantitative estimate of drug-likeness (QED) is 0.566. The third-order valence-electron chi connectivity index (χ3n) is 3.97. The molecule has 0 aliphatic carbocycles. The number of thiophene rings is 1. The van der Waals surface area contributed by atoms with E-state index in [1.165, 1.54) is 15.9 Å². The van der Waals surface area contributed by atoms with Gasteiger partial charge in [0, 0.05) is 18.1 Å². The van der Waals surface area contributed by atoms with Crippen LogP contribution in [0.2, 0.25) is 9.36 Å². The summed E-state index contributed by atoms with van der Waals surface area (Å²) in [4.78, 5) is 18.4. The molecule has 1 aliphatic heterocycles. The Morgan fingerprint density at radius 2 is 2.04 bits per heavy atom. The summed E-state index contributed by atoms with van der Waals surface area (Å²) in [7, 11) is 1.69. The van der Waals surface area contributed by atoms with Gasteiger partial charge in [-0.25, -0.2) is 4.99 Å². The van der Waals surface area contributed by atoms with Crippen molar-refractivity contribution >= 4 is 56.2 Å². The minimum absolute atomic E-state index is 0.0944. The molecule has 7 heteroatoms. The fraction of sp³-hybridized carbons (Fsp3) is 0.294. The topological polar surface area (TPSA) is 34.4 Å². The number of hydrogen-bond acceptors (Lipinski definition) is 3. The smallest absolute Gasteiger partial charge is 0.259 e. The maximum Gasteiger partial charge on any atom is 0.259 e. The normalized spacial score (nSPS) is 17.8. The zero-order valence-electron chi connectivity index (χ0n) is 13.3. The molecule has 3 nitrogen and oxygen atoms in total. The number of hydrogen-bond donors (Lipinski definition) is 0. The zero-order chi connectivity index (χ0) is 17.6. The number of aliphatic imine (C=N–C) groups is 1. The molecule has 126 valence electrons. The molecular formula is C17H15BrCl2N2OS. The van der Waals surface area contributed by atoms with E-state index >= 15 is 0 Å². The van der Waals surface area contributed by atoms with Crippen LogP contribution in [-0.4, -0.2) is 10.3 Å². The van der Waals surface area contributed by atoms with Crippen LogP contribution in [0, 0.1) is 5.92 Å². The lowest BCUT2D eigenvalue weighted by Crippen LogP contribution is -2.27. The summed E-state index contributed by atoms with van der Waals surface area (Å²) < 4.78 is 2.98. The molecule has 0 fully saturated rings. The summed E-state index contributed by atoms with van der Waals surface area (Å²) in [5.41, 5.74) is 2.26. The van der Waals surface area contributed by atoms with Crippen molar-refractivity contribution < 1.29 is 0 Å². The number of pyridine rings is 1. The van der Waals surface area contributed by atoms with E-state index in [1.54, 1.807) is 19.3 Å². The maximum atomic E-state index is 12.6. The molecule has 0 saturated carbocycles. The molecule has 2 aromatic rings. The second-order valence-electron chi connectivity index (χ2n) is 5.96. The molecule has 0 saturated heterocycles. The molecule has 3 rings (SSSR count).